The van der Waals surface area contributed by atoms with E-state index in [0.29, 0.717) is 4.90 Å². The molecule has 0 bridgehead atoms. The van der Waals surface area contributed by atoms with Gasteiger partial charge in [0.05, 0.1) is 4.90 Å². The Bertz CT molecular complexity index is 668. The lowest BCUT2D eigenvalue weighted by Gasteiger charge is -2.27. The number of hydrogen-bond donors (Lipinski definition) is 2. The molecule has 0 radical (unpaired) electrons. The summed E-state index contributed by atoms with van der Waals surface area (Å²) in [5.41, 5.74) is 1.11. The minimum atomic E-state index is -3.12. The smallest absolute Gasteiger partial charge is 0.190 e. The molecule has 0 saturated heterocycles. The highest BCUT2D eigenvalue weighted by molar-refractivity contribution is 7.90. The highest BCUT2D eigenvalue weighted by atomic mass is 32.2. The maximum absolute atomic E-state index is 11.5. The Labute approximate surface area is 152 Å². The Morgan fingerprint density at radius 3 is 2.52 bits per heavy atom. The Morgan fingerprint density at radius 2 is 1.92 bits per heavy atom. The first-order valence-corrected chi connectivity index (χ1v) is 11.0. The van der Waals surface area contributed by atoms with Crippen LogP contribution in [0.5, 0.6) is 0 Å². The van der Waals surface area contributed by atoms with Gasteiger partial charge in [0.15, 0.2) is 15.8 Å². The predicted molar refractivity (Wildman–Crippen MR) is 104 cm³/mol. The molecule has 0 spiro atoms. The highest BCUT2D eigenvalue weighted by Gasteiger charge is 2.18. The molecule has 2 N–H and O–H groups in total. The lowest BCUT2D eigenvalue weighted by atomic mass is 9.82. The van der Waals surface area contributed by atoms with E-state index in [4.69, 9.17) is 0 Å². The van der Waals surface area contributed by atoms with E-state index in [-0.39, 0.29) is 0 Å². The van der Waals surface area contributed by atoms with E-state index in [1.54, 1.807) is 19.2 Å². The van der Waals surface area contributed by atoms with Crippen molar-refractivity contribution in [2.24, 2.45) is 16.8 Å². The number of guanidine groups is 1. The quantitative estimate of drug-likeness (QED) is 0.600. The lowest BCUT2D eigenvalue weighted by Crippen LogP contribution is -2.41. The molecular formula is C19H31N3O2S. The summed E-state index contributed by atoms with van der Waals surface area (Å²) >= 11 is 0. The maximum atomic E-state index is 11.5. The molecule has 6 heteroatoms. The molecule has 1 aromatic rings. The van der Waals surface area contributed by atoms with Gasteiger partial charge in [-0.1, -0.05) is 31.9 Å². The van der Waals surface area contributed by atoms with E-state index in [1.165, 1.54) is 31.9 Å². The van der Waals surface area contributed by atoms with Gasteiger partial charge in [-0.15, -0.1) is 0 Å². The van der Waals surface area contributed by atoms with Crippen molar-refractivity contribution >= 4 is 15.8 Å². The third-order valence-corrected chi connectivity index (χ3v) is 6.01. The minimum absolute atomic E-state index is 0.364. The largest absolute Gasteiger partial charge is 0.356 e. The molecule has 140 valence electrons. The fourth-order valence-corrected chi connectivity index (χ4v) is 4.07. The van der Waals surface area contributed by atoms with E-state index in [9.17, 15) is 8.42 Å². The molecule has 1 aromatic carbocycles. The fraction of sp³-hybridized carbons (Fsp3) is 0.632. The molecule has 1 aliphatic rings. The van der Waals surface area contributed by atoms with Gasteiger partial charge in [-0.3, -0.25) is 4.99 Å². The molecule has 0 heterocycles. The van der Waals surface area contributed by atoms with Gasteiger partial charge in [-0.05, 0) is 48.8 Å². The zero-order chi connectivity index (χ0) is 18.3. The van der Waals surface area contributed by atoms with Crippen LogP contribution >= 0.6 is 0 Å². The van der Waals surface area contributed by atoms with Gasteiger partial charge in [0.1, 0.15) is 0 Å². The second kappa shape index (κ2) is 9.22. The monoisotopic (exact) mass is 365 g/mol. The maximum Gasteiger partial charge on any atom is 0.190 e. The summed E-state index contributed by atoms with van der Waals surface area (Å²) in [5.74, 6) is 2.42. The third-order valence-electron chi connectivity index (χ3n) is 4.88. The Balaban J connectivity index is 1.73. The van der Waals surface area contributed by atoms with Crippen LogP contribution in [-0.2, 0) is 16.3 Å². The first kappa shape index (κ1) is 19.8. The normalized spacial score (nSPS) is 21.8. The third kappa shape index (κ3) is 6.69. The van der Waals surface area contributed by atoms with Crippen molar-refractivity contribution in [2.45, 2.75) is 43.9 Å². The van der Waals surface area contributed by atoms with E-state index >= 15 is 0 Å². The van der Waals surface area contributed by atoms with Crippen LogP contribution in [-0.4, -0.2) is 40.8 Å². The van der Waals surface area contributed by atoms with Crippen LogP contribution < -0.4 is 10.6 Å². The van der Waals surface area contributed by atoms with Crippen LogP contribution in [0.4, 0.5) is 0 Å². The van der Waals surface area contributed by atoms with Gasteiger partial charge in [0.25, 0.3) is 0 Å². The molecule has 2 atom stereocenters. The van der Waals surface area contributed by atoms with Crippen molar-refractivity contribution in [1.82, 2.24) is 10.6 Å². The summed E-state index contributed by atoms with van der Waals surface area (Å²) in [5, 5.41) is 6.77. The van der Waals surface area contributed by atoms with Gasteiger partial charge in [-0.25, -0.2) is 8.42 Å². The van der Waals surface area contributed by atoms with Crippen LogP contribution in [0.2, 0.25) is 0 Å². The topological polar surface area (TPSA) is 70.6 Å². The highest BCUT2D eigenvalue weighted by Crippen LogP contribution is 2.27. The van der Waals surface area contributed by atoms with Crippen LogP contribution in [0.1, 0.15) is 38.2 Å². The summed E-state index contributed by atoms with van der Waals surface area (Å²) in [6.45, 7) is 4.08. The summed E-state index contributed by atoms with van der Waals surface area (Å²) in [6, 6.07) is 7.08. The van der Waals surface area contributed by atoms with E-state index in [1.807, 2.05) is 12.1 Å². The number of nitrogens with one attached hydrogen (secondary N) is 2. The standard InChI is InChI=1S/C19H31N3O2S/c1-15-5-4-6-17(13-15)14-22-19(20-2)21-12-11-16-7-9-18(10-8-16)25(3,23)24/h7-10,15,17H,4-6,11-14H2,1-3H3,(H2,20,21,22). The van der Waals surface area contributed by atoms with Gasteiger partial charge in [0, 0.05) is 26.4 Å². The van der Waals surface area contributed by atoms with E-state index in [2.05, 4.69) is 22.5 Å². The first-order valence-electron chi connectivity index (χ1n) is 9.12. The number of aliphatic imine (C=N–C) groups is 1. The van der Waals surface area contributed by atoms with Crippen molar-refractivity contribution in [3.63, 3.8) is 0 Å². The molecule has 0 amide bonds. The molecule has 0 aliphatic heterocycles. The van der Waals surface area contributed by atoms with Crippen molar-refractivity contribution in [3.8, 4) is 0 Å². The number of benzene rings is 1. The van der Waals surface area contributed by atoms with Gasteiger partial charge in [-0.2, -0.15) is 0 Å². The Hall–Kier alpha value is -1.56. The average molecular weight is 366 g/mol. The lowest BCUT2D eigenvalue weighted by molar-refractivity contribution is 0.282. The number of hydrogen-bond acceptors (Lipinski definition) is 3. The SMILES string of the molecule is CN=C(NCCc1ccc(S(C)(=O)=O)cc1)NCC1CCCC(C)C1. The molecule has 5 nitrogen and oxygen atoms in total. The van der Waals surface area contributed by atoms with Crippen LogP contribution in [0.25, 0.3) is 0 Å². The summed E-state index contributed by atoms with van der Waals surface area (Å²) in [7, 11) is -1.33. The molecule has 0 aromatic heterocycles. The molecule has 1 aliphatic carbocycles. The summed E-state index contributed by atoms with van der Waals surface area (Å²) < 4.78 is 22.9. The Morgan fingerprint density at radius 1 is 1.20 bits per heavy atom. The molecule has 25 heavy (non-hydrogen) atoms. The van der Waals surface area contributed by atoms with Crippen molar-refractivity contribution in [1.29, 1.82) is 0 Å². The second-order valence-corrected chi connectivity index (χ2v) is 9.20. The zero-order valence-corrected chi connectivity index (χ0v) is 16.4. The summed E-state index contributed by atoms with van der Waals surface area (Å²) in [6.07, 6.45) is 7.36. The molecular weight excluding hydrogens is 334 g/mol. The summed E-state index contributed by atoms with van der Waals surface area (Å²) in [4.78, 5) is 4.65. The van der Waals surface area contributed by atoms with E-state index in [0.717, 1.165) is 42.9 Å². The number of rotatable bonds is 6. The van der Waals surface area contributed by atoms with Crippen LogP contribution in [0, 0.1) is 11.8 Å². The molecule has 2 rings (SSSR count). The van der Waals surface area contributed by atoms with Crippen LogP contribution in [0.15, 0.2) is 34.2 Å². The zero-order valence-electron chi connectivity index (χ0n) is 15.6. The Kier molecular flexibility index (Phi) is 7.29. The number of sulfone groups is 1. The van der Waals surface area contributed by atoms with Gasteiger partial charge in [0.2, 0.25) is 0 Å². The number of nitrogens with zero attached hydrogens (tertiary/aromatic N) is 1. The predicted octanol–water partition coefficient (Wildman–Crippen LogP) is 2.62. The van der Waals surface area contributed by atoms with Crippen molar-refractivity contribution in [3.05, 3.63) is 29.8 Å². The molecule has 2 unspecified atom stereocenters. The van der Waals surface area contributed by atoms with Gasteiger partial charge < -0.3 is 10.6 Å². The minimum Gasteiger partial charge on any atom is -0.356 e. The molecule has 1 saturated carbocycles. The van der Waals surface area contributed by atoms with Gasteiger partial charge >= 0.3 is 0 Å². The first-order chi connectivity index (χ1) is 11.9. The average Bonchev–Trinajstić information content (AvgIpc) is 2.57. The molecule has 1 fully saturated rings. The van der Waals surface area contributed by atoms with E-state index < -0.39 is 9.84 Å². The van der Waals surface area contributed by atoms with Crippen molar-refractivity contribution in [2.75, 3.05) is 26.4 Å². The van der Waals surface area contributed by atoms with Crippen LogP contribution in [0.3, 0.4) is 0 Å². The van der Waals surface area contributed by atoms with Crippen molar-refractivity contribution < 1.29 is 8.42 Å². The second-order valence-electron chi connectivity index (χ2n) is 7.18. The fourth-order valence-electron chi connectivity index (χ4n) is 3.44.